The number of benzene rings is 6. The third-order valence-electron chi connectivity index (χ3n) is 10.5. The van der Waals surface area contributed by atoms with Crippen molar-refractivity contribution in [2.45, 2.75) is 5.41 Å². The molecule has 0 radical (unpaired) electrons. The second kappa shape index (κ2) is 10.2. The Morgan fingerprint density at radius 1 is 0.542 bits per heavy atom. The molecule has 0 amide bonds. The summed E-state index contributed by atoms with van der Waals surface area (Å²) in [5.74, 6) is 0.918. The van der Waals surface area contributed by atoms with Crippen LogP contribution in [0.1, 0.15) is 22.3 Å². The van der Waals surface area contributed by atoms with Gasteiger partial charge in [0, 0.05) is 29.7 Å². The summed E-state index contributed by atoms with van der Waals surface area (Å²) >= 11 is 0. The van der Waals surface area contributed by atoms with Crippen LogP contribution >= 0.6 is 0 Å². The van der Waals surface area contributed by atoms with Gasteiger partial charge in [0.2, 0.25) is 0 Å². The maximum absolute atomic E-state index is 4.83. The molecule has 0 saturated carbocycles. The lowest BCUT2D eigenvalue weighted by atomic mass is 9.67. The van der Waals surface area contributed by atoms with Crippen LogP contribution in [-0.2, 0) is 5.41 Å². The van der Waals surface area contributed by atoms with Gasteiger partial charge in [-0.1, -0.05) is 109 Å². The zero-order valence-electron chi connectivity index (χ0n) is 26.6. The number of rotatable bonds is 4. The molecule has 0 fully saturated rings. The van der Waals surface area contributed by atoms with Gasteiger partial charge < -0.3 is 9.80 Å². The van der Waals surface area contributed by atoms with Gasteiger partial charge in [0.05, 0.1) is 34.5 Å². The van der Waals surface area contributed by atoms with E-state index in [1.807, 2.05) is 12.3 Å². The molecule has 0 spiro atoms. The fourth-order valence-electron chi connectivity index (χ4n) is 8.47. The van der Waals surface area contributed by atoms with Gasteiger partial charge in [-0.2, -0.15) is 0 Å². The number of fused-ring (bicyclic) bond motifs is 7. The average Bonchev–Trinajstić information content (AvgIpc) is 3.78. The fourth-order valence-corrected chi connectivity index (χ4v) is 8.47. The van der Waals surface area contributed by atoms with E-state index >= 15 is 0 Å². The van der Waals surface area contributed by atoms with Gasteiger partial charge in [-0.3, -0.25) is 4.57 Å². The summed E-state index contributed by atoms with van der Waals surface area (Å²) in [7, 11) is 2.17. The monoisotopic (exact) mass is 616 g/mol. The van der Waals surface area contributed by atoms with Crippen molar-refractivity contribution in [3.8, 4) is 16.9 Å². The molecule has 6 aromatic carbocycles. The quantitative estimate of drug-likeness (QED) is 0.197. The molecule has 10 rings (SSSR count). The summed E-state index contributed by atoms with van der Waals surface area (Å²) in [6.45, 7) is 0.805. The topological polar surface area (TPSA) is 24.3 Å². The third-order valence-corrected chi connectivity index (χ3v) is 10.5. The van der Waals surface area contributed by atoms with E-state index in [-0.39, 0.29) is 0 Å². The third kappa shape index (κ3) is 3.63. The Kier molecular flexibility index (Phi) is 5.73. The Bertz CT molecular complexity index is 2480. The van der Waals surface area contributed by atoms with E-state index in [4.69, 9.17) is 4.98 Å². The Morgan fingerprint density at radius 2 is 1.21 bits per heavy atom. The van der Waals surface area contributed by atoms with E-state index in [1.165, 1.54) is 61.2 Å². The predicted octanol–water partition coefficient (Wildman–Crippen LogP) is 10.1. The zero-order valence-corrected chi connectivity index (χ0v) is 26.6. The minimum Gasteiger partial charge on any atom is -0.355 e. The van der Waals surface area contributed by atoms with Crippen LogP contribution in [0.25, 0.3) is 38.8 Å². The first kappa shape index (κ1) is 27.0. The highest BCUT2D eigenvalue weighted by Crippen LogP contribution is 2.57. The molecule has 3 heterocycles. The normalized spacial score (nSPS) is 14.4. The second-order valence-electron chi connectivity index (χ2n) is 12.9. The zero-order chi connectivity index (χ0) is 31.8. The summed E-state index contributed by atoms with van der Waals surface area (Å²) in [4.78, 5) is 9.58. The SMILES string of the molecule is CN1CN(c2cccc(C3(c4ccc5c6ccccc6n(-c6ccccn6)c5c4)c4ccccc4-c4ccccc43)c2)c2ccccc21. The highest BCUT2D eigenvalue weighted by Gasteiger charge is 2.46. The Hall–Kier alpha value is -6.13. The molecule has 0 unspecified atom stereocenters. The first-order valence-electron chi connectivity index (χ1n) is 16.6. The Morgan fingerprint density at radius 3 is 2.00 bits per heavy atom. The first-order chi connectivity index (χ1) is 23.7. The lowest BCUT2D eigenvalue weighted by molar-refractivity contribution is 0.768. The number of para-hydroxylation sites is 3. The van der Waals surface area contributed by atoms with Crippen LogP contribution in [0.5, 0.6) is 0 Å². The second-order valence-corrected chi connectivity index (χ2v) is 12.9. The number of hydrogen-bond donors (Lipinski definition) is 0. The van der Waals surface area contributed by atoms with Crippen molar-refractivity contribution in [1.29, 1.82) is 0 Å². The van der Waals surface area contributed by atoms with Crippen LogP contribution in [0.15, 0.2) is 164 Å². The van der Waals surface area contributed by atoms with Gasteiger partial charge in [-0.05, 0) is 81.9 Å². The Labute approximate surface area is 279 Å². The van der Waals surface area contributed by atoms with Crippen molar-refractivity contribution in [2.75, 3.05) is 23.5 Å². The molecule has 228 valence electrons. The first-order valence-corrected chi connectivity index (χ1v) is 16.6. The van der Waals surface area contributed by atoms with Crippen LogP contribution < -0.4 is 9.80 Å². The highest BCUT2D eigenvalue weighted by molar-refractivity contribution is 6.09. The number of aromatic nitrogens is 2. The van der Waals surface area contributed by atoms with Gasteiger partial charge in [-0.25, -0.2) is 4.98 Å². The minimum atomic E-state index is -0.534. The summed E-state index contributed by atoms with van der Waals surface area (Å²) in [6.07, 6.45) is 1.88. The van der Waals surface area contributed by atoms with Crippen LogP contribution in [-0.4, -0.2) is 23.3 Å². The van der Waals surface area contributed by atoms with E-state index in [1.54, 1.807) is 0 Å². The molecule has 2 aromatic heterocycles. The molecule has 2 aliphatic rings. The van der Waals surface area contributed by atoms with Crippen molar-refractivity contribution < 1.29 is 0 Å². The largest absolute Gasteiger partial charge is 0.355 e. The fraction of sp³-hybridized carbons (Fsp3) is 0.0682. The Balaban J connectivity index is 1.29. The van der Waals surface area contributed by atoms with Crippen molar-refractivity contribution in [2.24, 2.45) is 0 Å². The average molecular weight is 617 g/mol. The lowest BCUT2D eigenvalue weighted by Crippen LogP contribution is -2.29. The van der Waals surface area contributed by atoms with Crippen LogP contribution in [0.3, 0.4) is 0 Å². The van der Waals surface area contributed by atoms with Crippen LogP contribution in [0.2, 0.25) is 0 Å². The minimum absolute atomic E-state index is 0.534. The van der Waals surface area contributed by atoms with Crippen LogP contribution in [0.4, 0.5) is 17.1 Å². The van der Waals surface area contributed by atoms with Crippen molar-refractivity contribution >= 4 is 38.9 Å². The number of anilines is 3. The number of hydrogen-bond acceptors (Lipinski definition) is 3. The molecular weight excluding hydrogens is 585 g/mol. The molecule has 1 aliphatic carbocycles. The van der Waals surface area contributed by atoms with E-state index in [0.29, 0.717) is 0 Å². The van der Waals surface area contributed by atoms with Crippen molar-refractivity contribution in [3.63, 3.8) is 0 Å². The van der Waals surface area contributed by atoms with E-state index < -0.39 is 5.41 Å². The molecular formula is C44H32N4. The summed E-state index contributed by atoms with van der Waals surface area (Å²) in [6, 6.07) is 57.8. The predicted molar refractivity (Wildman–Crippen MR) is 198 cm³/mol. The molecule has 48 heavy (non-hydrogen) atoms. The summed E-state index contributed by atoms with van der Waals surface area (Å²) in [5, 5.41) is 2.45. The molecule has 0 saturated heterocycles. The summed E-state index contributed by atoms with van der Waals surface area (Å²) in [5.41, 5.74) is 13.1. The molecule has 0 N–H and O–H groups in total. The maximum atomic E-state index is 4.83. The van der Waals surface area contributed by atoms with Crippen molar-refractivity contribution in [3.05, 3.63) is 186 Å². The number of pyridine rings is 1. The highest BCUT2D eigenvalue weighted by atomic mass is 15.4. The smallest absolute Gasteiger partial charge is 0.137 e. The summed E-state index contributed by atoms with van der Waals surface area (Å²) < 4.78 is 2.32. The van der Waals surface area contributed by atoms with E-state index in [2.05, 4.69) is 173 Å². The van der Waals surface area contributed by atoms with Gasteiger partial charge in [0.25, 0.3) is 0 Å². The maximum Gasteiger partial charge on any atom is 0.137 e. The van der Waals surface area contributed by atoms with Gasteiger partial charge in [0.1, 0.15) is 5.82 Å². The molecule has 4 heteroatoms. The molecule has 1 aliphatic heterocycles. The lowest BCUT2D eigenvalue weighted by Gasteiger charge is -2.35. The molecule has 4 nitrogen and oxygen atoms in total. The van der Waals surface area contributed by atoms with E-state index in [9.17, 15) is 0 Å². The van der Waals surface area contributed by atoms with Crippen LogP contribution in [0, 0.1) is 0 Å². The van der Waals surface area contributed by atoms with Gasteiger partial charge in [0.15, 0.2) is 0 Å². The van der Waals surface area contributed by atoms with Crippen molar-refractivity contribution in [1.82, 2.24) is 9.55 Å². The van der Waals surface area contributed by atoms with Gasteiger partial charge in [-0.15, -0.1) is 0 Å². The molecule has 0 atom stereocenters. The van der Waals surface area contributed by atoms with E-state index in [0.717, 1.165) is 23.5 Å². The molecule has 0 bridgehead atoms. The standard InChI is InChI=1S/C44H32N4/c1-46-29-47(41-22-9-8-21-40(41)46)32-14-12-13-30(27-32)44(37-18-5-2-15-33(37)34-16-3-6-19-38(34)44)31-24-25-36-35-17-4-7-20-39(35)48(42(36)28-31)43-23-10-11-26-45-43/h2-28H,29H2,1H3. The van der Waals surface area contributed by atoms with Gasteiger partial charge >= 0.3 is 0 Å². The number of nitrogens with zero attached hydrogens (tertiary/aromatic N) is 4. The molecule has 8 aromatic rings.